The highest BCUT2D eigenvalue weighted by Crippen LogP contribution is 2.06. The van der Waals surface area contributed by atoms with Gasteiger partial charge in [0.05, 0.1) is 5.25 Å². The molecule has 1 atom stereocenters. The zero-order valence-electron chi connectivity index (χ0n) is 8.81. The normalized spacial score (nSPS) is 14.7. The third-order valence-corrected chi connectivity index (χ3v) is 3.67. The van der Waals surface area contributed by atoms with Crippen LogP contribution >= 0.6 is 0 Å². The summed E-state index contributed by atoms with van der Waals surface area (Å²) in [7, 11) is -3.52. The molecule has 0 aromatic rings. The Kier molecular flexibility index (Phi) is 4.54. The Morgan fingerprint density at radius 3 is 1.86 bits per heavy atom. The maximum Gasteiger partial charge on any atom is 0.321 e. The highest BCUT2D eigenvalue weighted by atomic mass is 32.2. The SMILES string of the molecule is CC(C)[C@H](NS(=O)(=O)C(C)C)C(=O)O. The quantitative estimate of drug-likeness (QED) is 0.707. The third-order valence-electron chi connectivity index (χ3n) is 1.84. The molecule has 0 rings (SSSR count). The molecule has 0 amide bonds. The van der Waals surface area contributed by atoms with Gasteiger partial charge in [0.25, 0.3) is 0 Å². The van der Waals surface area contributed by atoms with Crippen LogP contribution in [0.15, 0.2) is 0 Å². The van der Waals surface area contributed by atoms with Gasteiger partial charge < -0.3 is 5.11 Å². The van der Waals surface area contributed by atoms with Crippen molar-refractivity contribution in [2.75, 3.05) is 0 Å². The first-order valence-electron chi connectivity index (χ1n) is 4.42. The highest BCUT2D eigenvalue weighted by Gasteiger charge is 2.28. The van der Waals surface area contributed by atoms with E-state index in [4.69, 9.17) is 5.11 Å². The van der Waals surface area contributed by atoms with Gasteiger partial charge in [-0.1, -0.05) is 13.8 Å². The molecule has 0 unspecified atom stereocenters. The van der Waals surface area contributed by atoms with E-state index in [9.17, 15) is 13.2 Å². The molecule has 0 aromatic heterocycles. The van der Waals surface area contributed by atoms with Crippen LogP contribution in [-0.4, -0.2) is 30.8 Å². The molecule has 5 nitrogen and oxygen atoms in total. The summed E-state index contributed by atoms with van der Waals surface area (Å²) in [5, 5.41) is 8.14. The Bertz CT molecular complexity index is 294. The lowest BCUT2D eigenvalue weighted by atomic mass is 10.1. The summed E-state index contributed by atoms with van der Waals surface area (Å²) in [6.07, 6.45) is 0. The van der Waals surface area contributed by atoms with E-state index in [0.717, 1.165) is 0 Å². The molecule has 0 aliphatic heterocycles. The number of nitrogens with one attached hydrogen (secondary N) is 1. The zero-order chi connectivity index (χ0) is 11.5. The Hall–Kier alpha value is -0.620. The number of carboxylic acid groups (broad SMARTS) is 1. The van der Waals surface area contributed by atoms with Gasteiger partial charge >= 0.3 is 5.97 Å². The van der Waals surface area contributed by atoms with Gasteiger partial charge in [-0.25, -0.2) is 13.1 Å². The van der Waals surface area contributed by atoms with Gasteiger partial charge in [-0.3, -0.25) is 4.79 Å². The van der Waals surface area contributed by atoms with E-state index < -0.39 is 27.3 Å². The topological polar surface area (TPSA) is 83.5 Å². The van der Waals surface area contributed by atoms with Crippen molar-refractivity contribution in [1.82, 2.24) is 4.72 Å². The second-order valence-corrected chi connectivity index (χ2v) is 6.04. The van der Waals surface area contributed by atoms with Crippen molar-refractivity contribution in [3.05, 3.63) is 0 Å². The van der Waals surface area contributed by atoms with E-state index in [-0.39, 0.29) is 5.92 Å². The predicted molar refractivity (Wildman–Crippen MR) is 53.5 cm³/mol. The molecule has 0 saturated heterocycles. The van der Waals surface area contributed by atoms with Crippen molar-refractivity contribution in [3.63, 3.8) is 0 Å². The maximum absolute atomic E-state index is 11.4. The smallest absolute Gasteiger partial charge is 0.321 e. The van der Waals surface area contributed by atoms with Gasteiger partial charge in [0.1, 0.15) is 6.04 Å². The van der Waals surface area contributed by atoms with E-state index in [1.54, 1.807) is 13.8 Å². The number of hydrogen-bond acceptors (Lipinski definition) is 3. The lowest BCUT2D eigenvalue weighted by molar-refractivity contribution is -0.140. The van der Waals surface area contributed by atoms with Crippen LogP contribution in [0.4, 0.5) is 0 Å². The van der Waals surface area contributed by atoms with E-state index in [2.05, 4.69) is 4.72 Å². The van der Waals surface area contributed by atoms with Gasteiger partial charge in [-0.2, -0.15) is 0 Å². The van der Waals surface area contributed by atoms with Crippen molar-refractivity contribution in [1.29, 1.82) is 0 Å². The Morgan fingerprint density at radius 1 is 1.21 bits per heavy atom. The van der Waals surface area contributed by atoms with Crippen LogP contribution in [-0.2, 0) is 14.8 Å². The van der Waals surface area contributed by atoms with Crippen molar-refractivity contribution in [2.45, 2.75) is 39.0 Å². The van der Waals surface area contributed by atoms with Crippen molar-refractivity contribution < 1.29 is 18.3 Å². The molecule has 0 bridgehead atoms. The number of rotatable bonds is 5. The van der Waals surface area contributed by atoms with Crippen LogP contribution < -0.4 is 4.72 Å². The lowest BCUT2D eigenvalue weighted by Gasteiger charge is -2.19. The molecule has 0 heterocycles. The Labute approximate surface area is 84.6 Å². The van der Waals surface area contributed by atoms with Gasteiger partial charge in [0, 0.05) is 0 Å². The predicted octanol–water partition coefficient (Wildman–Crippen LogP) is 0.423. The second-order valence-electron chi connectivity index (χ2n) is 3.77. The minimum Gasteiger partial charge on any atom is -0.480 e. The van der Waals surface area contributed by atoms with Crippen LogP contribution in [0, 0.1) is 5.92 Å². The molecular formula is C8H17NO4S. The molecular weight excluding hydrogens is 206 g/mol. The standard InChI is InChI=1S/C8H17NO4S/c1-5(2)7(8(10)11)9-14(12,13)6(3)4/h5-7,9H,1-4H3,(H,10,11)/t7-/m0/s1. The number of sulfonamides is 1. The summed E-state index contributed by atoms with van der Waals surface area (Å²) in [5.41, 5.74) is 0. The summed E-state index contributed by atoms with van der Waals surface area (Å²) in [5.74, 6) is -1.43. The average molecular weight is 223 g/mol. The van der Waals surface area contributed by atoms with Gasteiger partial charge in [-0.15, -0.1) is 0 Å². The summed E-state index contributed by atoms with van der Waals surface area (Å²) in [6, 6.07) is -1.05. The molecule has 0 fully saturated rings. The van der Waals surface area contributed by atoms with Gasteiger partial charge in [0.15, 0.2) is 0 Å². The average Bonchev–Trinajstić information content (AvgIpc) is 1.98. The van der Waals surface area contributed by atoms with Gasteiger partial charge in [0.2, 0.25) is 10.0 Å². The Balaban J connectivity index is 4.71. The molecule has 0 aliphatic carbocycles. The van der Waals surface area contributed by atoms with Crippen LogP contribution in [0.2, 0.25) is 0 Å². The fraction of sp³-hybridized carbons (Fsp3) is 0.875. The fourth-order valence-electron chi connectivity index (χ4n) is 0.785. The largest absolute Gasteiger partial charge is 0.480 e. The molecule has 0 aromatic carbocycles. The number of hydrogen-bond donors (Lipinski definition) is 2. The first-order chi connectivity index (χ1) is 6.18. The van der Waals surface area contributed by atoms with E-state index in [0.29, 0.717) is 0 Å². The summed E-state index contributed by atoms with van der Waals surface area (Å²) >= 11 is 0. The minimum absolute atomic E-state index is 0.277. The van der Waals surface area contributed by atoms with E-state index in [1.165, 1.54) is 13.8 Å². The Morgan fingerprint density at radius 2 is 1.64 bits per heavy atom. The molecule has 14 heavy (non-hydrogen) atoms. The molecule has 84 valence electrons. The lowest BCUT2D eigenvalue weighted by Crippen LogP contribution is -2.46. The number of carboxylic acids is 1. The second kappa shape index (κ2) is 4.75. The number of aliphatic carboxylic acids is 1. The van der Waals surface area contributed by atoms with Crippen molar-refractivity contribution in [3.8, 4) is 0 Å². The molecule has 2 N–H and O–H groups in total. The van der Waals surface area contributed by atoms with Crippen molar-refractivity contribution >= 4 is 16.0 Å². The summed E-state index contributed by atoms with van der Waals surface area (Å²) in [4.78, 5) is 10.7. The van der Waals surface area contributed by atoms with E-state index >= 15 is 0 Å². The molecule has 0 radical (unpaired) electrons. The summed E-state index contributed by atoms with van der Waals surface area (Å²) < 4.78 is 24.9. The molecule has 6 heteroatoms. The highest BCUT2D eigenvalue weighted by molar-refractivity contribution is 7.90. The monoisotopic (exact) mass is 223 g/mol. The molecule has 0 saturated carbocycles. The van der Waals surface area contributed by atoms with Crippen LogP contribution in [0.1, 0.15) is 27.7 Å². The first-order valence-corrected chi connectivity index (χ1v) is 5.97. The fourth-order valence-corrected chi connectivity index (χ4v) is 1.78. The third kappa shape index (κ3) is 3.63. The van der Waals surface area contributed by atoms with E-state index in [1.807, 2.05) is 0 Å². The molecule has 0 aliphatic rings. The van der Waals surface area contributed by atoms with Crippen LogP contribution in [0.5, 0.6) is 0 Å². The zero-order valence-corrected chi connectivity index (χ0v) is 9.63. The molecule has 0 spiro atoms. The van der Waals surface area contributed by atoms with Crippen LogP contribution in [0.3, 0.4) is 0 Å². The minimum atomic E-state index is -3.52. The van der Waals surface area contributed by atoms with Crippen molar-refractivity contribution in [2.24, 2.45) is 5.92 Å². The van der Waals surface area contributed by atoms with Gasteiger partial charge in [-0.05, 0) is 19.8 Å². The van der Waals surface area contributed by atoms with Crippen LogP contribution in [0.25, 0.3) is 0 Å². The first kappa shape index (κ1) is 13.4. The maximum atomic E-state index is 11.4. The summed E-state index contributed by atoms with van der Waals surface area (Å²) in [6.45, 7) is 6.31. The number of carbonyl (C=O) groups is 1.